The van der Waals surface area contributed by atoms with Crippen molar-refractivity contribution in [1.29, 1.82) is 0 Å². The second-order valence-corrected chi connectivity index (χ2v) is 9.52. The Hall–Kier alpha value is -5.26. The molecule has 11 nitrogen and oxygen atoms in total. The van der Waals surface area contributed by atoms with Crippen molar-refractivity contribution in [1.82, 2.24) is 25.2 Å². The number of amides is 2. The van der Waals surface area contributed by atoms with E-state index in [0.29, 0.717) is 24.0 Å². The molecule has 0 radical (unpaired) electrons. The maximum absolute atomic E-state index is 14.5. The largest absolute Gasteiger partial charge is 0.504 e. The molecule has 0 bridgehead atoms. The maximum atomic E-state index is 14.5. The first-order valence-corrected chi connectivity index (χ1v) is 12.7. The lowest BCUT2D eigenvalue weighted by molar-refractivity contribution is 0.0548. The Morgan fingerprint density at radius 2 is 1.98 bits per heavy atom. The lowest BCUT2D eigenvalue weighted by Crippen LogP contribution is -2.30. The predicted molar refractivity (Wildman–Crippen MR) is 144 cm³/mol. The van der Waals surface area contributed by atoms with Crippen LogP contribution in [0.2, 0.25) is 0 Å². The third-order valence-electron chi connectivity index (χ3n) is 6.94. The Balaban J connectivity index is 1.38. The molecule has 0 spiro atoms. The lowest BCUT2D eigenvalue weighted by atomic mass is 9.98. The van der Waals surface area contributed by atoms with E-state index < -0.39 is 29.6 Å². The highest BCUT2D eigenvalue weighted by atomic mass is 19.1. The third-order valence-corrected chi connectivity index (χ3v) is 6.94. The van der Waals surface area contributed by atoms with Crippen LogP contribution in [0.15, 0.2) is 55.3 Å². The van der Waals surface area contributed by atoms with Gasteiger partial charge in [-0.25, -0.2) is 18.7 Å². The molecule has 2 heterocycles. The number of hydrogen-bond acceptors (Lipinski definition) is 8. The number of hydrogen-bond donors (Lipinski definition) is 4. The molecule has 2 aromatic heterocycles. The van der Waals surface area contributed by atoms with E-state index in [2.05, 4.69) is 27.3 Å². The minimum absolute atomic E-state index is 0.0237. The number of ether oxygens (including phenoxy) is 1. The highest BCUT2D eigenvalue weighted by Crippen LogP contribution is 2.35. The molecule has 41 heavy (non-hydrogen) atoms. The molecule has 4 N–H and O–H groups in total. The fourth-order valence-corrected chi connectivity index (χ4v) is 4.86. The van der Waals surface area contributed by atoms with Crippen molar-refractivity contribution in [3.8, 4) is 11.5 Å². The Morgan fingerprint density at radius 1 is 1.17 bits per heavy atom. The second kappa shape index (κ2) is 11.1. The molecule has 0 saturated heterocycles. The van der Waals surface area contributed by atoms with Gasteiger partial charge in [-0.1, -0.05) is 24.8 Å². The molecular weight excluding hydrogens is 533 g/mol. The number of carbonyl (C=O) groups is 3. The average Bonchev–Trinajstić information content (AvgIpc) is 3.55. The van der Waals surface area contributed by atoms with Crippen LogP contribution in [0, 0.1) is 12.7 Å². The molecule has 210 valence electrons. The summed E-state index contributed by atoms with van der Waals surface area (Å²) in [7, 11) is 0. The van der Waals surface area contributed by atoms with Crippen LogP contribution < -0.4 is 10.6 Å². The monoisotopic (exact) mass is 559 g/mol. The van der Waals surface area contributed by atoms with Crippen molar-refractivity contribution in [3.63, 3.8) is 0 Å². The van der Waals surface area contributed by atoms with Gasteiger partial charge in [0.1, 0.15) is 18.0 Å². The maximum Gasteiger partial charge on any atom is 0.338 e. The normalized spacial score (nSPS) is 14.0. The topological polar surface area (TPSA) is 155 Å². The number of halogens is 1. The van der Waals surface area contributed by atoms with Gasteiger partial charge >= 0.3 is 5.97 Å². The number of phenols is 2. The number of aromatic nitrogens is 3. The third kappa shape index (κ3) is 5.31. The van der Waals surface area contributed by atoms with Crippen LogP contribution in [-0.4, -0.2) is 49.2 Å². The standard InChI is InChI=1S/C29H26FN5O6/c1-3-10-41-29(40)18-5-6-19-17(15(18)2)7-8-21(19)34-28(39)23-12-22(33-26-20(30)14-32-35(23)26)27(38)31-13-16-4-9-24(36)25(37)11-16/h3-6,9,11-12,14,21,36-37H,1,7-8,10,13H2,2H3,(H,31,38)(H,34,39)/t21-/m0/s1. The number of phenolic OH excluding ortho intramolecular Hbond substituents is 2. The Morgan fingerprint density at radius 3 is 2.73 bits per heavy atom. The zero-order valence-corrected chi connectivity index (χ0v) is 22.0. The molecule has 1 atom stereocenters. The first-order chi connectivity index (χ1) is 19.7. The zero-order valence-electron chi connectivity index (χ0n) is 22.0. The second-order valence-electron chi connectivity index (χ2n) is 9.52. The van der Waals surface area contributed by atoms with Crippen LogP contribution in [0.1, 0.15) is 66.1 Å². The van der Waals surface area contributed by atoms with Gasteiger partial charge in [-0.15, -0.1) is 0 Å². The number of fused-ring (bicyclic) bond motifs is 2. The number of nitrogens with zero attached hydrogens (tertiary/aromatic N) is 3. The molecular formula is C29H26FN5O6. The van der Waals surface area contributed by atoms with Gasteiger partial charge in [-0.05, 0) is 60.2 Å². The quantitative estimate of drug-likeness (QED) is 0.146. The minimum Gasteiger partial charge on any atom is -0.504 e. The van der Waals surface area contributed by atoms with E-state index in [1.807, 2.05) is 6.92 Å². The Kier molecular flexibility index (Phi) is 7.38. The van der Waals surface area contributed by atoms with E-state index in [1.165, 1.54) is 30.3 Å². The number of benzene rings is 2. The molecule has 0 fully saturated rings. The summed E-state index contributed by atoms with van der Waals surface area (Å²) >= 11 is 0. The number of esters is 1. The average molecular weight is 560 g/mol. The molecule has 2 aromatic carbocycles. The Bertz CT molecular complexity index is 1720. The number of aromatic hydroxyl groups is 2. The molecule has 1 aliphatic carbocycles. The van der Waals surface area contributed by atoms with Crippen LogP contribution in [0.5, 0.6) is 11.5 Å². The number of nitrogens with one attached hydrogen (secondary N) is 2. The van der Waals surface area contributed by atoms with E-state index in [4.69, 9.17) is 4.74 Å². The molecule has 5 rings (SSSR count). The van der Waals surface area contributed by atoms with Crippen molar-refractivity contribution < 1.29 is 33.7 Å². The van der Waals surface area contributed by atoms with Crippen LogP contribution in [-0.2, 0) is 17.7 Å². The fraction of sp³-hybridized carbons (Fsp3) is 0.207. The van der Waals surface area contributed by atoms with Gasteiger partial charge in [0.2, 0.25) is 0 Å². The summed E-state index contributed by atoms with van der Waals surface area (Å²) in [4.78, 5) is 42.8. The van der Waals surface area contributed by atoms with Crippen LogP contribution >= 0.6 is 0 Å². The van der Waals surface area contributed by atoms with Gasteiger partial charge in [0.15, 0.2) is 23.0 Å². The van der Waals surface area contributed by atoms with Crippen molar-refractivity contribution in [3.05, 3.63) is 100 Å². The van der Waals surface area contributed by atoms with Crippen molar-refractivity contribution in [2.24, 2.45) is 0 Å². The molecule has 4 aromatic rings. The van der Waals surface area contributed by atoms with Gasteiger partial charge in [0.25, 0.3) is 11.8 Å². The molecule has 12 heteroatoms. The van der Waals surface area contributed by atoms with Crippen molar-refractivity contribution >= 4 is 23.4 Å². The van der Waals surface area contributed by atoms with E-state index >= 15 is 0 Å². The van der Waals surface area contributed by atoms with E-state index in [0.717, 1.165) is 27.4 Å². The van der Waals surface area contributed by atoms with Crippen LogP contribution in [0.25, 0.3) is 5.65 Å². The summed E-state index contributed by atoms with van der Waals surface area (Å²) in [6, 6.07) is 8.35. The van der Waals surface area contributed by atoms with Crippen molar-refractivity contribution in [2.45, 2.75) is 32.4 Å². The number of rotatable bonds is 8. The van der Waals surface area contributed by atoms with Gasteiger partial charge < -0.3 is 25.6 Å². The molecule has 0 aliphatic heterocycles. The molecule has 2 amide bonds. The first-order valence-electron chi connectivity index (χ1n) is 12.7. The van der Waals surface area contributed by atoms with Gasteiger partial charge in [0.05, 0.1) is 17.8 Å². The summed E-state index contributed by atoms with van der Waals surface area (Å²) in [6.07, 6.45) is 3.59. The summed E-state index contributed by atoms with van der Waals surface area (Å²) < 4.78 is 20.7. The lowest BCUT2D eigenvalue weighted by Gasteiger charge is -2.16. The molecule has 1 aliphatic rings. The van der Waals surface area contributed by atoms with Crippen molar-refractivity contribution in [2.75, 3.05) is 6.61 Å². The minimum atomic E-state index is -0.810. The smallest absolute Gasteiger partial charge is 0.338 e. The molecule has 0 saturated carbocycles. The summed E-state index contributed by atoms with van der Waals surface area (Å²) in [5.74, 6) is -3.19. The zero-order chi connectivity index (χ0) is 29.3. The van der Waals surface area contributed by atoms with Gasteiger partial charge in [-0.3, -0.25) is 9.59 Å². The van der Waals surface area contributed by atoms with Crippen LogP contribution in [0.4, 0.5) is 4.39 Å². The van der Waals surface area contributed by atoms with E-state index in [1.54, 1.807) is 12.1 Å². The molecule has 0 unspecified atom stereocenters. The van der Waals surface area contributed by atoms with Crippen LogP contribution in [0.3, 0.4) is 0 Å². The summed E-state index contributed by atoms with van der Waals surface area (Å²) in [5, 5.41) is 28.6. The Labute approximate surface area is 233 Å². The first kappa shape index (κ1) is 27.3. The number of carbonyl (C=O) groups excluding carboxylic acids is 3. The van der Waals surface area contributed by atoms with Gasteiger partial charge in [0, 0.05) is 12.6 Å². The van der Waals surface area contributed by atoms with E-state index in [9.17, 15) is 29.0 Å². The van der Waals surface area contributed by atoms with E-state index in [-0.39, 0.29) is 41.7 Å². The highest BCUT2D eigenvalue weighted by Gasteiger charge is 2.29. The summed E-state index contributed by atoms with van der Waals surface area (Å²) in [5.41, 5.74) is 2.90. The SMILES string of the molecule is C=CCOC(=O)c1ccc2c(c1C)CC[C@@H]2NC(=O)c1cc(C(=O)NCc2ccc(O)c(O)c2)nc2c(F)cnn12. The highest BCUT2D eigenvalue weighted by molar-refractivity contribution is 5.98. The fourth-order valence-electron chi connectivity index (χ4n) is 4.86. The predicted octanol–water partition coefficient (Wildman–Crippen LogP) is 3.28. The summed E-state index contributed by atoms with van der Waals surface area (Å²) in [6.45, 7) is 5.45. The van der Waals surface area contributed by atoms with Gasteiger partial charge in [-0.2, -0.15) is 5.10 Å².